The first kappa shape index (κ1) is 13.0. The zero-order valence-corrected chi connectivity index (χ0v) is 10.8. The van der Waals surface area contributed by atoms with E-state index in [1.165, 1.54) is 71.0 Å². The summed E-state index contributed by atoms with van der Waals surface area (Å²) < 4.78 is 0. The third kappa shape index (κ3) is 5.55. The fourth-order valence-corrected chi connectivity index (χ4v) is 2.58. The van der Waals surface area contributed by atoms with Gasteiger partial charge < -0.3 is 4.90 Å². The zero-order chi connectivity index (χ0) is 10.9. The average Bonchev–Trinajstić information content (AvgIpc) is 2.28. The van der Waals surface area contributed by atoms with E-state index in [1.54, 1.807) is 0 Å². The van der Waals surface area contributed by atoms with E-state index >= 15 is 0 Å². The minimum absolute atomic E-state index is 1.05. The van der Waals surface area contributed by atoms with Crippen LogP contribution in [0.25, 0.3) is 0 Å². The molecule has 1 fully saturated rings. The molecule has 0 radical (unpaired) electrons. The SMILES string of the molecule is CCCCCN1CCC(CCCC)CC1. The highest BCUT2D eigenvalue weighted by atomic mass is 15.1. The van der Waals surface area contributed by atoms with Crippen LogP contribution >= 0.6 is 0 Å². The zero-order valence-electron chi connectivity index (χ0n) is 10.8. The summed E-state index contributed by atoms with van der Waals surface area (Å²) in [6.07, 6.45) is 11.4. The topological polar surface area (TPSA) is 3.24 Å². The molecular formula is C14H29N. The summed E-state index contributed by atoms with van der Waals surface area (Å²) in [7, 11) is 0. The molecule has 1 aliphatic rings. The van der Waals surface area contributed by atoms with Crippen molar-refractivity contribution in [2.24, 2.45) is 5.92 Å². The van der Waals surface area contributed by atoms with Crippen LogP contribution < -0.4 is 0 Å². The van der Waals surface area contributed by atoms with Crippen molar-refractivity contribution >= 4 is 0 Å². The van der Waals surface area contributed by atoms with Gasteiger partial charge in [0.25, 0.3) is 0 Å². The Balaban J connectivity index is 2.02. The van der Waals surface area contributed by atoms with Gasteiger partial charge in [-0.2, -0.15) is 0 Å². The maximum atomic E-state index is 2.68. The van der Waals surface area contributed by atoms with Crippen LogP contribution in [0.3, 0.4) is 0 Å². The normalized spacial score (nSPS) is 19.6. The largest absolute Gasteiger partial charge is 0.303 e. The van der Waals surface area contributed by atoms with Crippen LogP contribution in [-0.4, -0.2) is 24.5 Å². The van der Waals surface area contributed by atoms with Gasteiger partial charge in [-0.05, 0) is 44.8 Å². The molecule has 0 amide bonds. The average molecular weight is 211 g/mol. The van der Waals surface area contributed by atoms with Gasteiger partial charge in [0.2, 0.25) is 0 Å². The smallest absolute Gasteiger partial charge is 0.00161 e. The molecule has 0 aromatic carbocycles. The van der Waals surface area contributed by atoms with E-state index in [1.807, 2.05) is 0 Å². The van der Waals surface area contributed by atoms with Crippen molar-refractivity contribution in [1.82, 2.24) is 4.90 Å². The van der Waals surface area contributed by atoms with Crippen molar-refractivity contribution < 1.29 is 0 Å². The maximum absolute atomic E-state index is 2.68. The highest BCUT2D eigenvalue weighted by Crippen LogP contribution is 2.22. The number of rotatable bonds is 7. The van der Waals surface area contributed by atoms with Crippen molar-refractivity contribution in [2.75, 3.05) is 19.6 Å². The molecule has 0 N–H and O–H groups in total. The number of hydrogen-bond donors (Lipinski definition) is 0. The lowest BCUT2D eigenvalue weighted by Crippen LogP contribution is -2.34. The van der Waals surface area contributed by atoms with E-state index in [4.69, 9.17) is 0 Å². The van der Waals surface area contributed by atoms with E-state index in [9.17, 15) is 0 Å². The summed E-state index contributed by atoms with van der Waals surface area (Å²) in [6.45, 7) is 8.70. The van der Waals surface area contributed by atoms with Crippen LogP contribution in [0.15, 0.2) is 0 Å². The molecule has 0 atom stereocenters. The Hall–Kier alpha value is -0.0400. The van der Waals surface area contributed by atoms with Crippen molar-refractivity contribution in [3.8, 4) is 0 Å². The second kappa shape index (κ2) is 8.15. The lowest BCUT2D eigenvalue weighted by molar-refractivity contribution is 0.175. The molecule has 15 heavy (non-hydrogen) atoms. The predicted octanol–water partition coefficient (Wildman–Crippen LogP) is 4.08. The molecule has 0 saturated carbocycles. The van der Waals surface area contributed by atoms with Gasteiger partial charge in [-0.3, -0.25) is 0 Å². The van der Waals surface area contributed by atoms with Crippen LogP contribution in [0.2, 0.25) is 0 Å². The molecule has 0 spiro atoms. The highest BCUT2D eigenvalue weighted by molar-refractivity contribution is 4.72. The van der Waals surface area contributed by atoms with Gasteiger partial charge in [-0.15, -0.1) is 0 Å². The summed E-state index contributed by atoms with van der Waals surface area (Å²) in [4.78, 5) is 2.68. The fourth-order valence-electron chi connectivity index (χ4n) is 2.58. The lowest BCUT2D eigenvalue weighted by atomic mass is 9.91. The highest BCUT2D eigenvalue weighted by Gasteiger charge is 2.17. The number of unbranched alkanes of at least 4 members (excludes halogenated alkanes) is 3. The molecule has 90 valence electrons. The maximum Gasteiger partial charge on any atom is -0.00161 e. The van der Waals surface area contributed by atoms with Gasteiger partial charge in [0.1, 0.15) is 0 Å². The summed E-state index contributed by atoms with van der Waals surface area (Å²) in [5.41, 5.74) is 0. The first-order chi connectivity index (χ1) is 7.36. The number of piperidine rings is 1. The van der Waals surface area contributed by atoms with Crippen LogP contribution in [0.4, 0.5) is 0 Å². The van der Waals surface area contributed by atoms with Crippen LogP contribution in [0.5, 0.6) is 0 Å². The Labute approximate surface area is 96.2 Å². The molecule has 0 aliphatic carbocycles. The van der Waals surface area contributed by atoms with E-state index in [2.05, 4.69) is 18.7 Å². The molecule has 1 saturated heterocycles. The molecule has 1 rings (SSSR count). The lowest BCUT2D eigenvalue weighted by Gasteiger charge is -2.31. The summed E-state index contributed by atoms with van der Waals surface area (Å²) >= 11 is 0. The molecule has 1 aliphatic heterocycles. The van der Waals surface area contributed by atoms with Crippen molar-refractivity contribution in [2.45, 2.75) is 65.2 Å². The van der Waals surface area contributed by atoms with E-state index < -0.39 is 0 Å². The number of nitrogens with zero attached hydrogens (tertiary/aromatic N) is 1. The second-order valence-corrected chi connectivity index (χ2v) is 5.13. The first-order valence-electron chi connectivity index (χ1n) is 7.09. The van der Waals surface area contributed by atoms with Gasteiger partial charge >= 0.3 is 0 Å². The van der Waals surface area contributed by atoms with Gasteiger partial charge in [0.05, 0.1) is 0 Å². The van der Waals surface area contributed by atoms with Gasteiger partial charge in [0.15, 0.2) is 0 Å². The number of likely N-dealkylation sites (tertiary alicyclic amines) is 1. The molecular weight excluding hydrogens is 182 g/mol. The van der Waals surface area contributed by atoms with Crippen molar-refractivity contribution in [3.63, 3.8) is 0 Å². The summed E-state index contributed by atoms with van der Waals surface area (Å²) in [5, 5.41) is 0. The third-order valence-electron chi connectivity index (χ3n) is 3.75. The molecule has 0 aromatic heterocycles. The Morgan fingerprint density at radius 1 is 0.933 bits per heavy atom. The van der Waals surface area contributed by atoms with Crippen molar-refractivity contribution in [3.05, 3.63) is 0 Å². The van der Waals surface area contributed by atoms with Crippen LogP contribution in [-0.2, 0) is 0 Å². The van der Waals surface area contributed by atoms with Crippen LogP contribution in [0.1, 0.15) is 65.2 Å². The minimum Gasteiger partial charge on any atom is -0.303 e. The Kier molecular flexibility index (Phi) is 7.08. The van der Waals surface area contributed by atoms with Gasteiger partial charge in [-0.25, -0.2) is 0 Å². The standard InChI is InChI=1S/C14H29N/c1-3-5-7-11-15-12-9-14(10-13-15)8-6-4-2/h14H,3-13H2,1-2H3. The van der Waals surface area contributed by atoms with Gasteiger partial charge in [-0.1, -0.05) is 46.0 Å². The molecule has 0 aromatic rings. The van der Waals surface area contributed by atoms with E-state index in [0.29, 0.717) is 0 Å². The third-order valence-corrected chi connectivity index (χ3v) is 3.75. The molecule has 0 unspecified atom stereocenters. The summed E-state index contributed by atoms with van der Waals surface area (Å²) in [5.74, 6) is 1.05. The van der Waals surface area contributed by atoms with Crippen molar-refractivity contribution in [1.29, 1.82) is 0 Å². The van der Waals surface area contributed by atoms with E-state index in [-0.39, 0.29) is 0 Å². The molecule has 1 heteroatoms. The first-order valence-corrected chi connectivity index (χ1v) is 7.09. The molecule has 0 bridgehead atoms. The molecule has 1 heterocycles. The van der Waals surface area contributed by atoms with Crippen LogP contribution in [0, 0.1) is 5.92 Å². The summed E-state index contributed by atoms with van der Waals surface area (Å²) in [6, 6.07) is 0. The monoisotopic (exact) mass is 211 g/mol. The number of hydrogen-bond acceptors (Lipinski definition) is 1. The Bertz CT molecular complexity index is 136. The minimum atomic E-state index is 1.05. The fraction of sp³-hybridized carbons (Fsp3) is 1.00. The van der Waals surface area contributed by atoms with E-state index in [0.717, 1.165) is 5.92 Å². The Morgan fingerprint density at radius 3 is 2.20 bits per heavy atom. The quantitative estimate of drug-likeness (QED) is 0.574. The Morgan fingerprint density at radius 2 is 1.60 bits per heavy atom. The second-order valence-electron chi connectivity index (χ2n) is 5.13. The van der Waals surface area contributed by atoms with Gasteiger partial charge in [0, 0.05) is 0 Å². The predicted molar refractivity (Wildman–Crippen MR) is 68.2 cm³/mol. The molecule has 1 nitrogen and oxygen atoms in total.